The van der Waals surface area contributed by atoms with E-state index in [0.29, 0.717) is 0 Å². The van der Waals surface area contributed by atoms with Crippen molar-refractivity contribution in [2.24, 2.45) is 5.92 Å². The largest absolute Gasteiger partial charge is 0.381 e. The van der Waals surface area contributed by atoms with Crippen molar-refractivity contribution in [1.29, 1.82) is 0 Å². The second kappa shape index (κ2) is 4.78. The Hall–Kier alpha value is -1.10. The lowest BCUT2D eigenvalue weighted by atomic mass is 9.82. The molecule has 19 heavy (non-hydrogen) atoms. The van der Waals surface area contributed by atoms with Gasteiger partial charge < -0.3 is 15.0 Å². The van der Waals surface area contributed by atoms with Gasteiger partial charge in [-0.15, -0.1) is 0 Å². The normalized spacial score (nSPS) is 34.2. The number of carbonyl (C=O) groups excluding carboxylic acids is 2. The third-order valence-corrected chi connectivity index (χ3v) is 4.20. The molecule has 5 nitrogen and oxygen atoms in total. The highest BCUT2D eigenvalue weighted by Crippen LogP contribution is 2.34. The van der Waals surface area contributed by atoms with Gasteiger partial charge in [0, 0.05) is 13.2 Å². The smallest absolute Gasteiger partial charge is 0.248 e. The Kier molecular flexibility index (Phi) is 3.60. The summed E-state index contributed by atoms with van der Waals surface area (Å²) in [6.07, 6.45) is 1.88. The third-order valence-electron chi connectivity index (χ3n) is 4.20. The lowest BCUT2D eigenvalue weighted by molar-refractivity contribution is -0.164. The van der Waals surface area contributed by atoms with E-state index in [9.17, 15) is 9.59 Å². The lowest BCUT2D eigenvalue weighted by Crippen LogP contribution is -2.72. The maximum absolute atomic E-state index is 12.6. The molecule has 1 saturated carbocycles. The fourth-order valence-corrected chi connectivity index (χ4v) is 2.99. The Morgan fingerprint density at radius 3 is 2.37 bits per heavy atom. The predicted octanol–water partition coefficient (Wildman–Crippen LogP) is 0.925. The molecule has 2 amide bonds. The number of rotatable bonds is 3. The van der Waals surface area contributed by atoms with Crippen LogP contribution in [0.5, 0.6) is 0 Å². The van der Waals surface area contributed by atoms with Crippen LogP contribution in [0.15, 0.2) is 0 Å². The van der Waals surface area contributed by atoms with Crippen LogP contribution in [0.25, 0.3) is 0 Å². The van der Waals surface area contributed by atoms with Crippen molar-refractivity contribution in [2.45, 2.75) is 64.3 Å². The minimum absolute atomic E-state index is 0.0188. The minimum atomic E-state index is -0.805. The van der Waals surface area contributed by atoms with Gasteiger partial charge in [-0.1, -0.05) is 13.8 Å². The highest BCUT2D eigenvalue weighted by atomic mass is 16.5. The average Bonchev–Trinajstić information content (AvgIpc) is 2.22. The van der Waals surface area contributed by atoms with E-state index in [4.69, 9.17) is 4.74 Å². The molecule has 0 radical (unpaired) electrons. The Balaban J connectivity index is 2.23. The summed E-state index contributed by atoms with van der Waals surface area (Å²) in [6, 6.07) is -0.224. The monoisotopic (exact) mass is 268 g/mol. The van der Waals surface area contributed by atoms with Gasteiger partial charge in [0.2, 0.25) is 11.8 Å². The SMILES string of the molecule is COC1CC(N2C(=O)C(C)(C)NC(=O)C2C(C)C)C1. The first-order valence-electron chi connectivity index (χ1n) is 6.95. The number of amides is 2. The van der Waals surface area contributed by atoms with Crippen molar-refractivity contribution >= 4 is 11.8 Å². The Morgan fingerprint density at radius 2 is 1.89 bits per heavy atom. The number of piperazine rings is 1. The molecule has 1 aliphatic carbocycles. The van der Waals surface area contributed by atoms with Crippen LogP contribution in [0.2, 0.25) is 0 Å². The molecule has 0 aromatic heterocycles. The first-order valence-corrected chi connectivity index (χ1v) is 6.95. The predicted molar refractivity (Wildman–Crippen MR) is 71.5 cm³/mol. The molecule has 1 unspecified atom stereocenters. The van der Waals surface area contributed by atoms with Crippen LogP contribution >= 0.6 is 0 Å². The van der Waals surface area contributed by atoms with Crippen LogP contribution in [0.1, 0.15) is 40.5 Å². The number of nitrogens with zero attached hydrogens (tertiary/aromatic N) is 1. The molecule has 5 heteroatoms. The Labute approximate surface area is 114 Å². The zero-order valence-corrected chi connectivity index (χ0v) is 12.4. The van der Waals surface area contributed by atoms with Crippen molar-refractivity contribution < 1.29 is 14.3 Å². The van der Waals surface area contributed by atoms with Gasteiger partial charge in [-0.25, -0.2) is 0 Å². The van der Waals surface area contributed by atoms with E-state index in [2.05, 4.69) is 5.32 Å². The maximum atomic E-state index is 12.6. The molecule has 2 fully saturated rings. The number of carbonyl (C=O) groups is 2. The van der Waals surface area contributed by atoms with E-state index in [-0.39, 0.29) is 35.9 Å². The summed E-state index contributed by atoms with van der Waals surface area (Å²) >= 11 is 0. The summed E-state index contributed by atoms with van der Waals surface area (Å²) in [5, 5.41) is 2.83. The summed E-state index contributed by atoms with van der Waals surface area (Å²) in [5.74, 6) is 0.0902. The van der Waals surface area contributed by atoms with Crippen LogP contribution in [0.4, 0.5) is 0 Å². The fraction of sp³-hybridized carbons (Fsp3) is 0.857. The molecule has 0 spiro atoms. The van der Waals surface area contributed by atoms with Crippen LogP contribution in [-0.2, 0) is 14.3 Å². The molecular formula is C14H24N2O3. The summed E-state index contributed by atoms with van der Waals surface area (Å²) in [6.45, 7) is 7.50. The van der Waals surface area contributed by atoms with Crippen molar-refractivity contribution in [3.8, 4) is 0 Å². The fourth-order valence-electron chi connectivity index (χ4n) is 2.99. The first kappa shape index (κ1) is 14.3. The molecule has 108 valence electrons. The molecule has 1 saturated heterocycles. The van der Waals surface area contributed by atoms with Crippen LogP contribution in [0.3, 0.4) is 0 Å². The molecule has 0 aromatic rings. The molecule has 1 N–H and O–H groups in total. The van der Waals surface area contributed by atoms with Gasteiger partial charge in [0.25, 0.3) is 0 Å². The second-order valence-electron chi connectivity index (χ2n) is 6.50. The van der Waals surface area contributed by atoms with Gasteiger partial charge in [-0.2, -0.15) is 0 Å². The zero-order valence-electron chi connectivity index (χ0n) is 12.4. The molecule has 1 aliphatic heterocycles. The van der Waals surface area contributed by atoms with Gasteiger partial charge in [-0.05, 0) is 32.6 Å². The van der Waals surface area contributed by atoms with Gasteiger partial charge in [0.1, 0.15) is 11.6 Å². The number of nitrogens with one attached hydrogen (secondary N) is 1. The number of ether oxygens (including phenoxy) is 1. The highest BCUT2D eigenvalue weighted by molar-refractivity contribution is 5.99. The van der Waals surface area contributed by atoms with E-state index in [1.54, 1.807) is 25.9 Å². The first-order chi connectivity index (χ1) is 8.77. The Morgan fingerprint density at radius 1 is 1.32 bits per heavy atom. The average molecular weight is 268 g/mol. The van der Waals surface area contributed by atoms with Crippen LogP contribution in [0, 0.1) is 5.92 Å². The van der Waals surface area contributed by atoms with Gasteiger partial charge in [0.05, 0.1) is 6.10 Å². The van der Waals surface area contributed by atoms with Crippen molar-refractivity contribution in [2.75, 3.05) is 7.11 Å². The van der Waals surface area contributed by atoms with Crippen LogP contribution in [-0.4, -0.2) is 47.6 Å². The summed E-state index contributed by atoms with van der Waals surface area (Å²) in [4.78, 5) is 26.7. The molecule has 2 rings (SSSR count). The number of methoxy groups -OCH3 is 1. The third kappa shape index (κ3) is 2.36. The lowest BCUT2D eigenvalue weighted by Gasteiger charge is -2.51. The van der Waals surface area contributed by atoms with Gasteiger partial charge in [-0.3, -0.25) is 9.59 Å². The van der Waals surface area contributed by atoms with E-state index in [0.717, 1.165) is 12.8 Å². The van der Waals surface area contributed by atoms with Crippen molar-refractivity contribution in [3.05, 3.63) is 0 Å². The minimum Gasteiger partial charge on any atom is -0.381 e. The van der Waals surface area contributed by atoms with Crippen molar-refractivity contribution in [1.82, 2.24) is 10.2 Å². The molecular weight excluding hydrogens is 244 g/mol. The number of hydrogen-bond donors (Lipinski definition) is 1. The van der Waals surface area contributed by atoms with E-state index in [1.165, 1.54) is 0 Å². The van der Waals surface area contributed by atoms with Gasteiger partial charge >= 0.3 is 0 Å². The summed E-state index contributed by atoms with van der Waals surface area (Å²) < 4.78 is 5.28. The molecule has 1 atom stereocenters. The topological polar surface area (TPSA) is 58.6 Å². The molecule has 2 aliphatic rings. The van der Waals surface area contributed by atoms with E-state index < -0.39 is 5.54 Å². The van der Waals surface area contributed by atoms with Gasteiger partial charge in [0.15, 0.2) is 0 Å². The van der Waals surface area contributed by atoms with Crippen LogP contribution < -0.4 is 5.32 Å². The second-order valence-corrected chi connectivity index (χ2v) is 6.50. The zero-order chi connectivity index (χ0) is 14.4. The van der Waals surface area contributed by atoms with E-state index >= 15 is 0 Å². The number of hydrogen-bond acceptors (Lipinski definition) is 3. The molecule has 0 aromatic carbocycles. The molecule has 0 bridgehead atoms. The maximum Gasteiger partial charge on any atom is 0.248 e. The Bertz CT molecular complexity index is 386. The highest BCUT2D eigenvalue weighted by Gasteiger charge is 2.51. The molecule has 1 heterocycles. The van der Waals surface area contributed by atoms with Crippen molar-refractivity contribution in [3.63, 3.8) is 0 Å². The quantitative estimate of drug-likeness (QED) is 0.828. The van der Waals surface area contributed by atoms with E-state index in [1.807, 2.05) is 13.8 Å². The summed E-state index contributed by atoms with van der Waals surface area (Å²) in [7, 11) is 1.69. The standard InChI is InChI=1S/C14H24N2O3/c1-8(2)11-12(17)15-14(3,4)13(18)16(11)9-6-10(7-9)19-5/h8-11H,6-7H2,1-5H3,(H,15,17). The summed E-state index contributed by atoms with van der Waals surface area (Å²) in [5.41, 5.74) is -0.805.